The summed E-state index contributed by atoms with van der Waals surface area (Å²) >= 11 is 0. The van der Waals surface area contributed by atoms with E-state index in [-0.39, 0.29) is 0 Å². The number of aromatic nitrogens is 2. The van der Waals surface area contributed by atoms with Crippen molar-refractivity contribution in [3.8, 4) is 0 Å². The molecule has 6 heteroatoms. The summed E-state index contributed by atoms with van der Waals surface area (Å²) in [5, 5.41) is 10.8. The zero-order valence-corrected chi connectivity index (χ0v) is 15.0. The van der Waals surface area contributed by atoms with Gasteiger partial charge in [0, 0.05) is 44.0 Å². The zero-order valence-electron chi connectivity index (χ0n) is 15.0. The molecule has 0 aliphatic rings. The maximum atomic E-state index is 5.42. The van der Waals surface area contributed by atoms with Crippen LogP contribution in [0.2, 0.25) is 0 Å². The van der Waals surface area contributed by atoms with Crippen LogP contribution >= 0.6 is 0 Å². The van der Waals surface area contributed by atoms with Crippen LogP contribution in [-0.2, 0) is 13.1 Å². The van der Waals surface area contributed by atoms with Crippen LogP contribution in [0.25, 0.3) is 0 Å². The molecule has 0 saturated heterocycles. The summed E-state index contributed by atoms with van der Waals surface area (Å²) in [6, 6.07) is 6.09. The van der Waals surface area contributed by atoms with Crippen LogP contribution in [0.3, 0.4) is 0 Å². The first-order valence-electron chi connectivity index (χ1n) is 8.85. The Hall–Kier alpha value is -2.24. The predicted molar refractivity (Wildman–Crippen MR) is 97.1 cm³/mol. The lowest BCUT2D eigenvalue weighted by atomic mass is 9.99. The molecule has 0 atom stereocenters. The summed E-state index contributed by atoms with van der Waals surface area (Å²) in [4.78, 5) is 4.58. The van der Waals surface area contributed by atoms with Crippen LogP contribution in [0.1, 0.15) is 51.0 Å². The smallest absolute Gasteiger partial charge is 0.191 e. The largest absolute Gasteiger partial charge is 0.359 e. The van der Waals surface area contributed by atoms with Crippen molar-refractivity contribution in [2.24, 2.45) is 4.99 Å². The van der Waals surface area contributed by atoms with E-state index in [1.54, 1.807) is 0 Å². The first-order chi connectivity index (χ1) is 11.8. The summed E-state index contributed by atoms with van der Waals surface area (Å²) in [7, 11) is 0. The third-order valence-corrected chi connectivity index (χ3v) is 4.05. The third kappa shape index (κ3) is 5.44. The second kappa shape index (κ2) is 9.80. The minimum absolute atomic E-state index is 0.472. The first kappa shape index (κ1) is 18.1. The fourth-order valence-corrected chi connectivity index (χ4v) is 2.62. The van der Waals surface area contributed by atoms with E-state index in [2.05, 4.69) is 58.5 Å². The number of hydrogen-bond acceptors (Lipinski definition) is 3. The molecule has 0 radical (unpaired) electrons. The molecule has 2 aromatic rings. The van der Waals surface area contributed by atoms with E-state index < -0.39 is 0 Å². The van der Waals surface area contributed by atoms with Gasteiger partial charge in [-0.3, -0.25) is 0 Å². The Morgan fingerprint density at radius 1 is 1.21 bits per heavy atom. The molecule has 0 aliphatic heterocycles. The summed E-state index contributed by atoms with van der Waals surface area (Å²) in [6.07, 6.45) is 6.27. The highest BCUT2D eigenvalue weighted by Gasteiger charge is 2.12. The predicted octanol–water partition coefficient (Wildman–Crippen LogP) is 3.14. The molecule has 0 unspecified atom stereocenters. The number of nitrogens with one attached hydrogen (secondary N) is 2. The monoisotopic (exact) mass is 331 g/mol. The average molecular weight is 331 g/mol. The van der Waals surface area contributed by atoms with E-state index in [1.165, 1.54) is 0 Å². The molecule has 0 aromatic carbocycles. The van der Waals surface area contributed by atoms with Crippen molar-refractivity contribution in [1.29, 1.82) is 0 Å². The number of nitrogens with zero attached hydrogens (tertiary/aromatic N) is 3. The molecular formula is C18H29N5O. The van der Waals surface area contributed by atoms with Gasteiger partial charge in [0.1, 0.15) is 6.54 Å². The molecule has 2 heterocycles. The summed E-state index contributed by atoms with van der Waals surface area (Å²) in [5.74, 6) is 2.07. The third-order valence-electron chi connectivity index (χ3n) is 4.05. The molecule has 24 heavy (non-hydrogen) atoms. The Balaban J connectivity index is 1.87. The van der Waals surface area contributed by atoms with Gasteiger partial charge in [-0.15, -0.1) is 0 Å². The SMILES string of the molecule is CCNC(=NCc1cc(C(CC)CC)no1)NCCn1cccc1. The molecule has 0 bridgehead atoms. The van der Waals surface area contributed by atoms with E-state index in [1.807, 2.05) is 18.2 Å². The van der Waals surface area contributed by atoms with Crippen LogP contribution in [-0.4, -0.2) is 28.8 Å². The van der Waals surface area contributed by atoms with Crippen molar-refractivity contribution >= 4 is 5.96 Å². The molecule has 0 fully saturated rings. The highest BCUT2D eigenvalue weighted by molar-refractivity contribution is 5.79. The molecule has 132 valence electrons. The fraction of sp³-hybridized carbons (Fsp3) is 0.556. The molecule has 2 N–H and O–H groups in total. The summed E-state index contributed by atoms with van der Waals surface area (Å²) in [6.45, 7) is 9.45. The number of hydrogen-bond donors (Lipinski definition) is 2. The highest BCUT2D eigenvalue weighted by atomic mass is 16.5. The Morgan fingerprint density at radius 3 is 2.62 bits per heavy atom. The van der Waals surface area contributed by atoms with Gasteiger partial charge in [0.15, 0.2) is 11.7 Å². The summed E-state index contributed by atoms with van der Waals surface area (Å²) < 4.78 is 7.56. The van der Waals surface area contributed by atoms with E-state index in [0.717, 1.165) is 49.9 Å². The van der Waals surface area contributed by atoms with Crippen molar-refractivity contribution in [2.45, 2.75) is 52.6 Å². The zero-order chi connectivity index (χ0) is 17.2. The quantitative estimate of drug-likeness (QED) is 0.547. The minimum Gasteiger partial charge on any atom is -0.359 e. The average Bonchev–Trinajstić information content (AvgIpc) is 3.26. The second-order valence-corrected chi connectivity index (χ2v) is 5.77. The van der Waals surface area contributed by atoms with Crippen LogP contribution in [0.4, 0.5) is 0 Å². The Bertz CT molecular complexity index is 599. The normalized spacial score (nSPS) is 11.9. The van der Waals surface area contributed by atoms with Gasteiger partial charge in [0.2, 0.25) is 0 Å². The first-order valence-corrected chi connectivity index (χ1v) is 8.85. The van der Waals surface area contributed by atoms with Gasteiger partial charge in [-0.05, 0) is 31.9 Å². The van der Waals surface area contributed by atoms with Gasteiger partial charge in [0.05, 0.1) is 5.69 Å². The maximum Gasteiger partial charge on any atom is 0.191 e. The van der Waals surface area contributed by atoms with Gasteiger partial charge < -0.3 is 19.7 Å². The van der Waals surface area contributed by atoms with Crippen molar-refractivity contribution in [3.05, 3.63) is 42.0 Å². The Morgan fingerprint density at radius 2 is 1.96 bits per heavy atom. The van der Waals surface area contributed by atoms with E-state index in [4.69, 9.17) is 4.52 Å². The molecule has 0 spiro atoms. The lowest BCUT2D eigenvalue weighted by Crippen LogP contribution is -2.38. The molecular weight excluding hydrogens is 302 g/mol. The molecule has 0 saturated carbocycles. The van der Waals surface area contributed by atoms with Crippen LogP contribution < -0.4 is 10.6 Å². The lowest BCUT2D eigenvalue weighted by Gasteiger charge is -2.11. The van der Waals surface area contributed by atoms with Gasteiger partial charge >= 0.3 is 0 Å². The number of rotatable bonds is 9. The van der Waals surface area contributed by atoms with E-state index >= 15 is 0 Å². The van der Waals surface area contributed by atoms with Crippen molar-refractivity contribution in [3.63, 3.8) is 0 Å². The van der Waals surface area contributed by atoms with Gasteiger partial charge in [-0.1, -0.05) is 19.0 Å². The molecule has 0 amide bonds. The van der Waals surface area contributed by atoms with E-state index in [0.29, 0.717) is 12.5 Å². The Kier molecular flexibility index (Phi) is 7.39. The molecule has 0 aliphatic carbocycles. The highest BCUT2D eigenvalue weighted by Crippen LogP contribution is 2.22. The topological polar surface area (TPSA) is 67.4 Å². The minimum atomic E-state index is 0.472. The summed E-state index contributed by atoms with van der Waals surface area (Å²) in [5.41, 5.74) is 1.04. The molecule has 2 aromatic heterocycles. The van der Waals surface area contributed by atoms with Crippen LogP contribution in [0.15, 0.2) is 40.1 Å². The van der Waals surface area contributed by atoms with Gasteiger partial charge in [-0.2, -0.15) is 0 Å². The maximum absolute atomic E-state index is 5.42. The molecule has 2 rings (SSSR count). The number of aliphatic imine (C=N–C) groups is 1. The van der Waals surface area contributed by atoms with Crippen molar-refractivity contribution in [2.75, 3.05) is 13.1 Å². The van der Waals surface area contributed by atoms with E-state index in [9.17, 15) is 0 Å². The molecule has 6 nitrogen and oxygen atoms in total. The van der Waals surface area contributed by atoms with Gasteiger partial charge in [0.25, 0.3) is 0 Å². The fourth-order valence-electron chi connectivity index (χ4n) is 2.62. The van der Waals surface area contributed by atoms with Crippen molar-refractivity contribution in [1.82, 2.24) is 20.4 Å². The van der Waals surface area contributed by atoms with Crippen LogP contribution in [0.5, 0.6) is 0 Å². The Labute approximate surface area is 144 Å². The second-order valence-electron chi connectivity index (χ2n) is 5.77. The van der Waals surface area contributed by atoms with Crippen molar-refractivity contribution < 1.29 is 4.52 Å². The standard InChI is InChI=1S/C18H29N5O/c1-4-15(5-2)17-13-16(24-22-17)14-21-18(19-6-3)20-9-12-23-10-7-8-11-23/h7-8,10-11,13,15H,4-6,9,12,14H2,1-3H3,(H2,19,20,21). The lowest BCUT2D eigenvalue weighted by molar-refractivity contribution is 0.372. The number of guanidine groups is 1. The van der Waals surface area contributed by atoms with Crippen LogP contribution in [0, 0.1) is 0 Å². The van der Waals surface area contributed by atoms with Gasteiger partial charge in [-0.25, -0.2) is 4.99 Å².